The first-order valence-electron chi connectivity index (χ1n) is 10.3. The third-order valence-corrected chi connectivity index (χ3v) is 6.65. The van der Waals surface area contributed by atoms with Crippen molar-refractivity contribution in [2.75, 3.05) is 27.2 Å². The van der Waals surface area contributed by atoms with Gasteiger partial charge in [0.1, 0.15) is 5.69 Å². The van der Waals surface area contributed by atoms with Crippen molar-refractivity contribution in [3.8, 4) is 0 Å². The summed E-state index contributed by atoms with van der Waals surface area (Å²) in [4.78, 5) is 43.4. The van der Waals surface area contributed by atoms with Gasteiger partial charge in [0.2, 0.25) is 11.8 Å². The third-order valence-electron chi connectivity index (χ3n) is 6.65. The quantitative estimate of drug-likeness (QED) is 0.789. The second-order valence-electron chi connectivity index (χ2n) is 8.66. The fraction of sp³-hybridized carbons (Fsp3) is 0.667. The highest BCUT2D eigenvalue weighted by molar-refractivity contribution is 5.93. The third kappa shape index (κ3) is 3.20. The summed E-state index contributed by atoms with van der Waals surface area (Å²) in [6.07, 6.45) is 5.61. The number of hydrogen-bond donors (Lipinski definition) is 0. The van der Waals surface area contributed by atoms with Crippen molar-refractivity contribution in [2.45, 2.75) is 51.1 Å². The molecule has 1 atom stereocenters. The first kappa shape index (κ1) is 19.0. The van der Waals surface area contributed by atoms with Crippen molar-refractivity contribution < 1.29 is 14.4 Å². The number of aromatic nitrogens is 1. The van der Waals surface area contributed by atoms with Crippen molar-refractivity contribution in [1.82, 2.24) is 19.3 Å². The Kier molecular flexibility index (Phi) is 4.93. The van der Waals surface area contributed by atoms with Crippen LogP contribution in [0.25, 0.3) is 0 Å². The lowest BCUT2D eigenvalue weighted by atomic mass is 10.0. The van der Waals surface area contributed by atoms with E-state index in [1.54, 1.807) is 19.0 Å². The molecule has 0 radical (unpaired) electrons. The van der Waals surface area contributed by atoms with Crippen LogP contribution in [-0.4, -0.2) is 70.2 Å². The van der Waals surface area contributed by atoms with E-state index in [0.717, 1.165) is 30.5 Å². The first-order valence-corrected chi connectivity index (χ1v) is 10.3. The molecule has 3 aliphatic rings. The van der Waals surface area contributed by atoms with Gasteiger partial charge in [-0.1, -0.05) is 12.8 Å². The fourth-order valence-electron chi connectivity index (χ4n) is 4.99. The number of fused-ring (bicyclic) bond motifs is 1. The van der Waals surface area contributed by atoms with Crippen LogP contribution in [0.2, 0.25) is 0 Å². The Morgan fingerprint density at radius 3 is 2.57 bits per heavy atom. The summed E-state index contributed by atoms with van der Waals surface area (Å²) in [6.45, 7) is 1.74. The molecule has 28 heavy (non-hydrogen) atoms. The molecule has 1 aliphatic carbocycles. The van der Waals surface area contributed by atoms with Gasteiger partial charge in [-0.2, -0.15) is 0 Å². The maximum absolute atomic E-state index is 13.1. The molecule has 4 rings (SSSR count). The van der Waals surface area contributed by atoms with Gasteiger partial charge in [-0.15, -0.1) is 0 Å². The minimum Gasteiger partial charge on any atom is -0.343 e. The zero-order valence-corrected chi connectivity index (χ0v) is 17.1. The van der Waals surface area contributed by atoms with Crippen LogP contribution in [0.15, 0.2) is 6.07 Å². The van der Waals surface area contributed by atoms with Crippen LogP contribution >= 0.6 is 0 Å². The summed E-state index contributed by atoms with van der Waals surface area (Å²) in [5.74, 6) is -0.0250. The van der Waals surface area contributed by atoms with E-state index < -0.39 is 0 Å². The molecule has 1 aromatic rings. The SMILES string of the molecule is CN(C)C(=O)c1cc2c(n1C)CN(C(=O)C1CC(=O)N(C3CCCC3)C1)CC2. The molecule has 0 bridgehead atoms. The lowest BCUT2D eigenvalue weighted by molar-refractivity contribution is -0.136. The maximum Gasteiger partial charge on any atom is 0.269 e. The van der Waals surface area contributed by atoms with Crippen molar-refractivity contribution in [2.24, 2.45) is 13.0 Å². The molecule has 1 saturated heterocycles. The van der Waals surface area contributed by atoms with Gasteiger partial charge in [0, 0.05) is 52.4 Å². The Morgan fingerprint density at radius 2 is 1.89 bits per heavy atom. The van der Waals surface area contributed by atoms with Crippen molar-refractivity contribution in [3.05, 3.63) is 23.0 Å². The minimum absolute atomic E-state index is 0.0247. The van der Waals surface area contributed by atoms with Gasteiger partial charge in [-0.05, 0) is 30.9 Å². The van der Waals surface area contributed by atoms with Crippen LogP contribution in [0.4, 0.5) is 0 Å². The van der Waals surface area contributed by atoms with E-state index in [0.29, 0.717) is 37.8 Å². The molecule has 2 fully saturated rings. The van der Waals surface area contributed by atoms with E-state index in [9.17, 15) is 14.4 Å². The van der Waals surface area contributed by atoms with Gasteiger partial charge >= 0.3 is 0 Å². The topological polar surface area (TPSA) is 65.9 Å². The smallest absolute Gasteiger partial charge is 0.269 e. The maximum atomic E-state index is 13.1. The molecular weight excluding hydrogens is 356 g/mol. The van der Waals surface area contributed by atoms with Gasteiger partial charge in [-0.25, -0.2) is 0 Å². The molecular formula is C21H30N4O3. The average Bonchev–Trinajstić information content (AvgIpc) is 3.39. The van der Waals surface area contributed by atoms with Crippen LogP contribution in [0, 0.1) is 5.92 Å². The van der Waals surface area contributed by atoms with E-state index in [1.807, 2.05) is 27.5 Å². The molecule has 2 aliphatic heterocycles. The number of rotatable bonds is 3. The summed E-state index contributed by atoms with van der Waals surface area (Å²) in [6, 6.07) is 2.30. The summed E-state index contributed by atoms with van der Waals surface area (Å²) in [7, 11) is 5.39. The van der Waals surface area contributed by atoms with Crippen LogP contribution in [0.5, 0.6) is 0 Å². The van der Waals surface area contributed by atoms with Gasteiger partial charge in [0.25, 0.3) is 5.91 Å². The normalized spacial score (nSPS) is 22.7. The Balaban J connectivity index is 1.46. The number of carbonyl (C=O) groups excluding carboxylic acids is 3. The largest absolute Gasteiger partial charge is 0.343 e. The molecule has 1 aromatic heterocycles. The van der Waals surface area contributed by atoms with E-state index in [1.165, 1.54) is 12.8 Å². The van der Waals surface area contributed by atoms with Gasteiger partial charge in [-0.3, -0.25) is 14.4 Å². The zero-order chi connectivity index (χ0) is 20.0. The Bertz CT molecular complexity index is 807. The molecule has 0 N–H and O–H groups in total. The predicted molar refractivity (Wildman–Crippen MR) is 105 cm³/mol. The molecule has 152 valence electrons. The van der Waals surface area contributed by atoms with Crippen molar-refractivity contribution >= 4 is 17.7 Å². The molecule has 0 spiro atoms. The molecule has 3 heterocycles. The van der Waals surface area contributed by atoms with Crippen molar-refractivity contribution in [1.29, 1.82) is 0 Å². The lowest BCUT2D eigenvalue weighted by Crippen LogP contribution is -2.41. The molecule has 1 saturated carbocycles. The van der Waals surface area contributed by atoms with Crippen molar-refractivity contribution in [3.63, 3.8) is 0 Å². The Morgan fingerprint density at radius 1 is 1.18 bits per heavy atom. The second kappa shape index (κ2) is 7.26. The van der Waals surface area contributed by atoms with Gasteiger partial charge < -0.3 is 19.3 Å². The number of carbonyl (C=O) groups is 3. The molecule has 3 amide bonds. The number of hydrogen-bond acceptors (Lipinski definition) is 3. The highest BCUT2D eigenvalue weighted by Crippen LogP contribution is 2.31. The number of likely N-dealkylation sites (tertiary alicyclic amines) is 1. The van der Waals surface area contributed by atoms with Crippen LogP contribution in [-0.2, 0) is 29.6 Å². The summed E-state index contributed by atoms with van der Waals surface area (Å²) in [5.41, 5.74) is 2.83. The highest BCUT2D eigenvalue weighted by atomic mass is 16.2. The second-order valence-corrected chi connectivity index (χ2v) is 8.66. The standard InChI is InChI=1S/C21H30N4O3/c1-22(2)21(28)17-10-14-8-9-24(13-18(14)23(17)3)20(27)15-11-19(26)25(12-15)16-6-4-5-7-16/h10,15-16H,4-9,11-13H2,1-3H3. The van der Waals surface area contributed by atoms with E-state index in [2.05, 4.69) is 0 Å². The number of amides is 3. The average molecular weight is 386 g/mol. The summed E-state index contributed by atoms with van der Waals surface area (Å²) in [5, 5.41) is 0. The van der Waals surface area contributed by atoms with Gasteiger partial charge in [0.05, 0.1) is 12.5 Å². The van der Waals surface area contributed by atoms with E-state index in [-0.39, 0.29) is 23.6 Å². The Labute approximate surface area is 166 Å². The van der Waals surface area contributed by atoms with Crippen LogP contribution < -0.4 is 0 Å². The zero-order valence-electron chi connectivity index (χ0n) is 17.1. The van der Waals surface area contributed by atoms with Gasteiger partial charge in [0.15, 0.2) is 0 Å². The fourth-order valence-corrected chi connectivity index (χ4v) is 4.99. The predicted octanol–water partition coefficient (Wildman–Crippen LogP) is 1.40. The molecule has 7 nitrogen and oxygen atoms in total. The Hall–Kier alpha value is -2.31. The molecule has 0 aromatic carbocycles. The summed E-state index contributed by atoms with van der Waals surface area (Å²) >= 11 is 0. The molecule has 7 heteroatoms. The molecule has 1 unspecified atom stereocenters. The van der Waals surface area contributed by atoms with E-state index >= 15 is 0 Å². The minimum atomic E-state index is -0.224. The number of nitrogens with zero attached hydrogens (tertiary/aromatic N) is 4. The van der Waals surface area contributed by atoms with Crippen LogP contribution in [0.3, 0.4) is 0 Å². The summed E-state index contributed by atoms with van der Waals surface area (Å²) < 4.78 is 1.92. The monoisotopic (exact) mass is 386 g/mol. The van der Waals surface area contributed by atoms with E-state index in [4.69, 9.17) is 0 Å². The highest BCUT2D eigenvalue weighted by Gasteiger charge is 2.41. The lowest BCUT2D eigenvalue weighted by Gasteiger charge is -2.30. The first-order chi connectivity index (χ1) is 13.4. The van der Waals surface area contributed by atoms with Crippen LogP contribution in [0.1, 0.15) is 53.8 Å².